The van der Waals surface area contributed by atoms with E-state index in [1.165, 1.54) is 31.6 Å². The van der Waals surface area contributed by atoms with Gasteiger partial charge in [0.2, 0.25) is 0 Å². The second kappa shape index (κ2) is 10.3. The van der Waals surface area contributed by atoms with Crippen molar-refractivity contribution in [1.82, 2.24) is 20.3 Å². The van der Waals surface area contributed by atoms with E-state index in [-0.39, 0.29) is 45.8 Å². The van der Waals surface area contributed by atoms with Crippen molar-refractivity contribution in [3.63, 3.8) is 0 Å². The predicted octanol–water partition coefficient (Wildman–Crippen LogP) is 4.19. The standard InChI is InChI=1S/C22H23F3N6O2S/c1-11-4-5-13(7-15(11)22(23,24)25)31-20(33)17-9-28-21(34-17)12(2)6-16(32)18-14(8-27-3)19(26)30-10-29-18/h4-5,7,9-10,12,27H,6,8H2,1-3H3,(H,31,33)(H2,26,29,30). The lowest BCUT2D eigenvalue weighted by Crippen LogP contribution is -2.17. The molecule has 0 aliphatic rings. The molecule has 2 aromatic heterocycles. The van der Waals surface area contributed by atoms with Gasteiger partial charge in [-0.1, -0.05) is 13.0 Å². The number of nitrogen functional groups attached to an aromatic ring is 1. The maximum absolute atomic E-state index is 13.1. The Morgan fingerprint density at radius 3 is 2.62 bits per heavy atom. The molecule has 1 unspecified atom stereocenters. The van der Waals surface area contributed by atoms with Crippen LogP contribution in [0.2, 0.25) is 0 Å². The van der Waals surface area contributed by atoms with Crippen LogP contribution < -0.4 is 16.4 Å². The first-order valence-corrected chi connectivity index (χ1v) is 11.0. The normalized spacial score (nSPS) is 12.4. The molecular weight excluding hydrogens is 469 g/mol. The van der Waals surface area contributed by atoms with Gasteiger partial charge < -0.3 is 16.4 Å². The van der Waals surface area contributed by atoms with E-state index in [0.717, 1.165) is 17.4 Å². The van der Waals surface area contributed by atoms with Gasteiger partial charge in [-0.3, -0.25) is 9.59 Å². The van der Waals surface area contributed by atoms with Gasteiger partial charge >= 0.3 is 6.18 Å². The van der Waals surface area contributed by atoms with Crippen molar-refractivity contribution in [3.8, 4) is 0 Å². The van der Waals surface area contributed by atoms with Crippen LogP contribution in [0.4, 0.5) is 24.7 Å². The minimum Gasteiger partial charge on any atom is -0.383 e. The number of aromatic nitrogens is 3. The zero-order valence-corrected chi connectivity index (χ0v) is 19.5. The largest absolute Gasteiger partial charge is 0.416 e. The summed E-state index contributed by atoms with van der Waals surface area (Å²) < 4.78 is 39.4. The highest BCUT2D eigenvalue weighted by Gasteiger charge is 2.32. The van der Waals surface area contributed by atoms with Crippen LogP contribution in [-0.2, 0) is 12.7 Å². The van der Waals surface area contributed by atoms with E-state index < -0.39 is 17.6 Å². The Hall–Kier alpha value is -3.38. The number of benzene rings is 1. The summed E-state index contributed by atoms with van der Waals surface area (Å²) in [6.45, 7) is 3.47. The highest BCUT2D eigenvalue weighted by atomic mass is 32.1. The molecule has 0 radical (unpaired) electrons. The van der Waals surface area contributed by atoms with Gasteiger partial charge in [0, 0.05) is 30.1 Å². The Bertz CT molecular complexity index is 1210. The van der Waals surface area contributed by atoms with Crippen molar-refractivity contribution in [1.29, 1.82) is 0 Å². The van der Waals surface area contributed by atoms with E-state index >= 15 is 0 Å². The molecule has 0 aliphatic carbocycles. The number of ketones is 1. The van der Waals surface area contributed by atoms with Crippen molar-refractivity contribution >= 4 is 34.5 Å². The molecule has 12 heteroatoms. The molecule has 3 rings (SSSR count). The molecule has 3 aromatic rings. The number of hydrogen-bond acceptors (Lipinski definition) is 8. The Balaban J connectivity index is 1.71. The van der Waals surface area contributed by atoms with Crippen LogP contribution in [0.15, 0.2) is 30.7 Å². The predicted molar refractivity (Wildman–Crippen MR) is 123 cm³/mol. The van der Waals surface area contributed by atoms with Crippen LogP contribution in [0.25, 0.3) is 0 Å². The molecule has 1 amide bonds. The van der Waals surface area contributed by atoms with Gasteiger partial charge in [0.15, 0.2) is 5.78 Å². The van der Waals surface area contributed by atoms with Crippen LogP contribution in [0.3, 0.4) is 0 Å². The van der Waals surface area contributed by atoms with Crippen LogP contribution in [-0.4, -0.2) is 33.7 Å². The van der Waals surface area contributed by atoms with Crippen LogP contribution in [0.1, 0.15) is 61.1 Å². The first-order valence-electron chi connectivity index (χ1n) is 10.2. The van der Waals surface area contributed by atoms with E-state index in [4.69, 9.17) is 5.73 Å². The number of halogens is 3. The maximum atomic E-state index is 13.1. The first kappa shape index (κ1) is 25.2. The number of rotatable bonds is 8. The molecule has 2 heterocycles. The molecule has 8 nitrogen and oxygen atoms in total. The number of nitrogens with zero attached hydrogens (tertiary/aromatic N) is 3. The van der Waals surface area contributed by atoms with Crippen molar-refractivity contribution in [2.45, 2.75) is 38.9 Å². The number of aryl methyl sites for hydroxylation is 1. The number of carbonyl (C=O) groups excluding carboxylic acids is 2. The second-order valence-electron chi connectivity index (χ2n) is 7.69. The Kier molecular flexibility index (Phi) is 7.62. The van der Waals surface area contributed by atoms with E-state index in [2.05, 4.69) is 25.6 Å². The molecular formula is C22H23F3N6O2S. The minimum absolute atomic E-state index is 0.0273. The topological polar surface area (TPSA) is 123 Å². The number of carbonyl (C=O) groups is 2. The molecule has 0 fully saturated rings. The molecule has 180 valence electrons. The lowest BCUT2D eigenvalue weighted by molar-refractivity contribution is -0.138. The molecule has 1 atom stereocenters. The number of nitrogens with two attached hydrogens (primary N) is 1. The van der Waals surface area contributed by atoms with Gasteiger partial charge in [-0.2, -0.15) is 13.2 Å². The van der Waals surface area contributed by atoms with Crippen molar-refractivity contribution in [2.24, 2.45) is 0 Å². The van der Waals surface area contributed by atoms with Gasteiger partial charge in [-0.15, -0.1) is 11.3 Å². The number of thiazole rings is 1. The number of anilines is 2. The summed E-state index contributed by atoms with van der Waals surface area (Å²) in [6, 6.07) is 3.60. The molecule has 0 aliphatic heterocycles. The minimum atomic E-state index is -4.52. The number of hydrogen-bond donors (Lipinski definition) is 3. The van der Waals surface area contributed by atoms with Gasteiger partial charge in [-0.05, 0) is 31.7 Å². The average Bonchev–Trinajstić information content (AvgIpc) is 3.26. The summed E-state index contributed by atoms with van der Waals surface area (Å²) in [6.07, 6.45) is -1.88. The third kappa shape index (κ3) is 5.75. The molecule has 0 bridgehead atoms. The maximum Gasteiger partial charge on any atom is 0.416 e. The zero-order chi connectivity index (χ0) is 25.0. The van der Waals surface area contributed by atoms with Crippen molar-refractivity contribution in [3.05, 3.63) is 63.0 Å². The summed E-state index contributed by atoms with van der Waals surface area (Å²) in [5.41, 5.74) is 5.88. The van der Waals surface area contributed by atoms with Gasteiger partial charge in [0.1, 0.15) is 22.7 Å². The van der Waals surface area contributed by atoms with Gasteiger partial charge in [0.25, 0.3) is 5.91 Å². The van der Waals surface area contributed by atoms with Gasteiger partial charge in [0.05, 0.1) is 16.8 Å². The summed E-state index contributed by atoms with van der Waals surface area (Å²) in [4.78, 5) is 37.8. The van der Waals surface area contributed by atoms with Crippen LogP contribution >= 0.6 is 11.3 Å². The Morgan fingerprint density at radius 2 is 1.94 bits per heavy atom. The SMILES string of the molecule is CNCc1c(N)ncnc1C(=O)CC(C)c1ncc(C(=O)Nc2ccc(C)c(C(F)(F)F)c2)s1. The van der Waals surface area contributed by atoms with E-state index in [0.29, 0.717) is 17.1 Å². The summed E-state index contributed by atoms with van der Waals surface area (Å²) in [5, 5.41) is 5.94. The zero-order valence-electron chi connectivity index (χ0n) is 18.7. The Morgan fingerprint density at radius 1 is 1.21 bits per heavy atom. The second-order valence-corrected chi connectivity index (χ2v) is 8.75. The fraction of sp³-hybridized carbons (Fsp3) is 0.318. The third-order valence-electron chi connectivity index (χ3n) is 5.06. The Labute approximate surface area is 197 Å². The highest BCUT2D eigenvalue weighted by Crippen LogP contribution is 2.34. The fourth-order valence-corrected chi connectivity index (χ4v) is 4.16. The number of amides is 1. The van der Waals surface area contributed by atoms with Crippen LogP contribution in [0, 0.1) is 6.92 Å². The first-order chi connectivity index (χ1) is 16.0. The summed E-state index contributed by atoms with van der Waals surface area (Å²) in [7, 11) is 1.71. The van der Waals surface area contributed by atoms with Crippen LogP contribution in [0.5, 0.6) is 0 Å². The van der Waals surface area contributed by atoms with Crippen molar-refractivity contribution in [2.75, 3.05) is 18.1 Å². The average molecular weight is 493 g/mol. The van der Waals surface area contributed by atoms with Gasteiger partial charge in [-0.25, -0.2) is 15.0 Å². The molecule has 4 N–H and O–H groups in total. The molecule has 34 heavy (non-hydrogen) atoms. The van der Waals surface area contributed by atoms with E-state index in [9.17, 15) is 22.8 Å². The monoisotopic (exact) mass is 492 g/mol. The number of alkyl halides is 3. The fourth-order valence-electron chi connectivity index (χ4n) is 3.30. The lowest BCUT2D eigenvalue weighted by Gasteiger charge is -2.12. The molecule has 1 aromatic carbocycles. The number of nitrogens with one attached hydrogen (secondary N) is 2. The smallest absolute Gasteiger partial charge is 0.383 e. The lowest BCUT2D eigenvalue weighted by atomic mass is 10.0. The quantitative estimate of drug-likeness (QED) is 0.403. The molecule has 0 spiro atoms. The highest BCUT2D eigenvalue weighted by molar-refractivity contribution is 7.13. The van der Waals surface area contributed by atoms with Crippen molar-refractivity contribution < 1.29 is 22.8 Å². The summed E-state index contributed by atoms with van der Waals surface area (Å²) in [5.74, 6) is -0.932. The number of Topliss-reactive ketones (excluding diaryl/α,β-unsaturated/α-hetero) is 1. The summed E-state index contributed by atoms with van der Waals surface area (Å²) >= 11 is 1.07. The molecule has 0 saturated heterocycles. The van der Waals surface area contributed by atoms with E-state index in [1.54, 1.807) is 14.0 Å². The van der Waals surface area contributed by atoms with E-state index in [1.807, 2.05) is 0 Å². The third-order valence-corrected chi connectivity index (χ3v) is 6.29. The molecule has 0 saturated carbocycles.